The van der Waals surface area contributed by atoms with Crippen LogP contribution in [-0.4, -0.2) is 48.1 Å². The maximum Gasteiger partial charge on any atom is 0.304 e. The number of carboxylic acid groups (broad SMARTS) is 1. The van der Waals surface area contributed by atoms with Gasteiger partial charge in [0.25, 0.3) is 0 Å². The van der Waals surface area contributed by atoms with Crippen LogP contribution in [0.1, 0.15) is 18.9 Å². The van der Waals surface area contributed by atoms with Crippen LogP contribution in [0.5, 0.6) is 0 Å². The van der Waals surface area contributed by atoms with Crippen LogP contribution in [0.3, 0.4) is 0 Å². The van der Waals surface area contributed by atoms with Crippen LogP contribution in [0.25, 0.3) is 0 Å². The number of nitrogens with zero attached hydrogens (tertiary/aromatic N) is 1. The summed E-state index contributed by atoms with van der Waals surface area (Å²) in [6.45, 7) is 3.83. The number of carboxylic acids is 1. The number of hydrogen-bond acceptors (Lipinski definition) is 3. The second kappa shape index (κ2) is 9.09. The third-order valence-electron chi connectivity index (χ3n) is 3.03. The maximum atomic E-state index is 11.7. The van der Waals surface area contributed by atoms with Gasteiger partial charge in [0.05, 0.1) is 13.0 Å². The number of amides is 1. The number of likely N-dealkylation sites (N-methyl/N-ethyl adjacent to an activating group) is 1. The molecule has 110 valence electrons. The molecule has 1 rings (SSSR count). The summed E-state index contributed by atoms with van der Waals surface area (Å²) in [5, 5.41) is 11.5. The Kier molecular flexibility index (Phi) is 7.35. The topological polar surface area (TPSA) is 69.6 Å². The molecule has 1 aromatic rings. The first-order valence-electron chi connectivity index (χ1n) is 6.86. The van der Waals surface area contributed by atoms with Gasteiger partial charge in [-0.15, -0.1) is 0 Å². The van der Waals surface area contributed by atoms with Crippen molar-refractivity contribution in [2.75, 3.05) is 26.2 Å². The molecule has 0 aliphatic heterocycles. The highest BCUT2D eigenvalue weighted by molar-refractivity contribution is 5.78. The number of carbonyl (C=O) groups is 2. The number of benzene rings is 1. The van der Waals surface area contributed by atoms with Crippen LogP contribution in [-0.2, 0) is 16.0 Å². The van der Waals surface area contributed by atoms with Crippen LogP contribution in [0.15, 0.2) is 30.3 Å². The smallest absolute Gasteiger partial charge is 0.304 e. The zero-order valence-corrected chi connectivity index (χ0v) is 11.8. The van der Waals surface area contributed by atoms with E-state index in [4.69, 9.17) is 5.11 Å². The molecule has 0 saturated heterocycles. The van der Waals surface area contributed by atoms with Crippen molar-refractivity contribution in [3.63, 3.8) is 0 Å². The van der Waals surface area contributed by atoms with Gasteiger partial charge in [-0.1, -0.05) is 37.3 Å². The van der Waals surface area contributed by atoms with Crippen LogP contribution in [0, 0.1) is 0 Å². The Morgan fingerprint density at radius 3 is 2.55 bits per heavy atom. The Hall–Kier alpha value is -1.88. The molecule has 0 unspecified atom stereocenters. The second-order valence-corrected chi connectivity index (χ2v) is 4.60. The van der Waals surface area contributed by atoms with Gasteiger partial charge in [-0.3, -0.25) is 14.5 Å². The van der Waals surface area contributed by atoms with E-state index in [9.17, 15) is 9.59 Å². The van der Waals surface area contributed by atoms with Gasteiger partial charge in [0.2, 0.25) is 5.91 Å². The first kappa shape index (κ1) is 16.2. The number of rotatable bonds is 9. The molecule has 0 saturated carbocycles. The first-order valence-corrected chi connectivity index (χ1v) is 6.86. The Bertz CT molecular complexity index is 420. The van der Waals surface area contributed by atoms with Gasteiger partial charge in [0.1, 0.15) is 0 Å². The zero-order valence-electron chi connectivity index (χ0n) is 11.8. The lowest BCUT2D eigenvalue weighted by molar-refractivity contribution is -0.137. The quantitative estimate of drug-likeness (QED) is 0.711. The highest BCUT2D eigenvalue weighted by Crippen LogP contribution is 1.98. The van der Waals surface area contributed by atoms with Crippen LogP contribution >= 0.6 is 0 Å². The zero-order chi connectivity index (χ0) is 14.8. The fourth-order valence-electron chi connectivity index (χ4n) is 1.85. The molecular formula is C15H22N2O3. The van der Waals surface area contributed by atoms with Gasteiger partial charge in [0, 0.05) is 13.1 Å². The third-order valence-corrected chi connectivity index (χ3v) is 3.03. The summed E-state index contributed by atoms with van der Waals surface area (Å²) < 4.78 is 0. The summed E-state index contributed by atoms with van der Waals surface area (Å²) in [6.07, 6.45) is 0.860. The molecule has 0 aliphatic rings. The van der Waals surface area contributed by atoms with Crippen LogP contribution in [0.2, 0.25) is 0 Å². The molecule has 2 N–H and O–H groups in total. The summed E-state index contributed by atoms with van der Waals surface area (Å²) in [7, 11) is 0. The Morgan fingerprint density at radius 2 is 1.95 bits per heavy atom. The summed E-state index contributed by atoms with van der Waals surface area (Å²) >= 11 is 0. The summed E-state index contributed by atoms with van der Waals surface area (Å²) in [5.41, 5.74) is 1.19. The standard InChI is InChI=1S/C15H22N2O3/c1-2-17(11-9-15(19)20)12-14(18)16-10-8-13-6-4-3-5-7-13/h3-7H,2,8-12H2,1H3,(H,16,18)(H,19,20). The lowest BCUT2D eigenvalue weighted by Gasteiger charge is -2.18. The predicted molar refractivity (Wildman–Crippen MR) is 77.5 cm³/mol. The number of carbonyl (C=O) groups excluding carboxylic acids is 1. The molecule has 0 aromatic heterocycles. The van der Waals surface area contributed by atoms with Crippen molar-refractivity contribution in [2.45, 2.75) is 19.8 Å². The highest BCUT2D eigenvalue weighted by Gasteiger charge is 2.10. The molecule has 20 heavy (non-hydrogen) atoms. The van der Waals surface area contributed by atoms with Crippen molar-refractivity contribution in [1.29, 1.82) is 0 Å². The maximum absolute atomic E-state index is 11.7. The normalized spacial score (nSPS) is 10.5. The molecule has 0 aliphatic carbocycles. The van der Waals surface area contributed by atoms with E-state index in [-0.39, 0.29) is 18.9 Å². The summed E-state index contributed by atoms with van der Waals surface area (Å²) in [4.78, 5) is 24.1. The lowest BCUT2D eigenvalue weighted by Crippen LogP contribution is -2.38. The van der Waals surface area contributed by atoms with E-state index in [1.165, 1.54) is 5.56 Å². The molecule has 0 radical (unpaired) electrons. The van der Waals surface area contributed by atoms with Crippen molar-refractivity contribution in [1.82, 2.24) is 10.2 Å². The summed E-state index contributed by atoms with van der Waals surface area (Å²) in [5.74, 6) is -0.902. The Morgan fingerprint density at radius 1 is 1.25 bits per heavy atom. The number of hydrogen-bond donors (Lipinski definition) is 2. The van der Waals surface area contributed by atoms with E-state index in [0.29, 0.717) is 19.6 Å². The lowest BCUT2D eigenvalue weighted by atomic mass is 10.1. The van der Waals surface area contributed by atoms with E-state index in [1.807, 2.05) is 42.2 Å². The molecule has 0 bridgehead atoms. The minimum Gasteiger partial charge on any atom is -0.481 e. The monoisotopic (exact) mass is 278 g/mol. The molecule has 1 amide bonds. The first-order chi connectivity index (χ1) is 9.61. The van der Waals surface area contributed by atoms with Gasteiger partial charge in [-0.2, -0.15) is 0 Å². The Labute approximate surface area is 119 Å². The van der Waals surface area contributed by atoms with E-state index < -0.39 is 5.97 Å². The molecule has 0 spiro atoms. The van der Waals surface area contributed by atoms with Crippen molar-refractivity contribution in [3.8, 4) is 0 Å². The van der Waals surface area contributed by atoms with Crippen LogP contribution < -0.4 is 5.32 Å². The average molecular weight is 278 g/mol. The van der Waals surface area contributed by atoms with Crippen molar-refractivity contribution < 1.29 is 14.7 Å². The molecule has 0 fully saturated rings. The van der Waals surface area contributed by atoms with Crippen molar-refractivity contribution >= 4 is 11.9 Å². The highest BCUT2D eigenvalue weighted by atomic mass is 16.4. The second-order valence-electron chi connectivity index (χ2n) is 4.60. The molecule has 5 nitrogen and oxygen atoms in total. The number of aliphatic carboxylic acids is 1. The van der Waals surface area contributed by atoms with Crippen molar-refractivity contribution in [2.24, 2.45) is 0 Å². The summed E-state index contributed by atoms with van der Waals surface area (Å²) in [6, 6.07) is 9.96. The van der Waals surface area contributed by atoms with E-state index >= 15 is 0 Å². The van der Waals surface area contributed by atoms with E-state index in [0.717, 1.165) is 6.42 Å². The minimum absolute atomic E-state index is 0.0607. The SMILES string of the molecule is CCN(CCC(=O)O)CC(=O)NCCc1ccccc1. The fraction of sp³-hybridized carbons (Fsp3) is 0.467. The molecule has 5 heteroatoms. The van der Waals surface area contributed by atoms with E-state index in [2.05, 4.69) is 5.32 Å². The average Bonchev–Trinajstić information content (AvgIpc) is 2.44. The van der Waals surface area contributed by atoms with Gasteiger partial charge < -0.3 is 10.4 Å². The third kappa shape index (κ3) is 6.89. The fourth-order valence-corrected chi connectivity index (χ4v) is 1.85. The molecule has 0 heterocycles. The van der Waals surface area contributed by atoms with Gasteiger partial charge >= 0.3 is 5.97 Å². The van der Waals surface area contributed by atoms with Crippen LogP contribution in [0.4, 0.5) is 0 Å². The molecule has 0 atom stereocenters. The van der Waals surface area contributed by atoms with E-state index in [1.54, 1.807) is 0 Å². The minimum atomic E-state index is -0.840. The number of nitrogens with one attached hydrogen (secondary N) is 1. The molecule has 1 aromatic carbocycles. The van der Waals surface area contributed by atoms with Gasteiger partial charge in [-0.05, 0) is 18.5 Å². The molecular weight excluding hydrogens is 256 g/mol. The van der Waals surface area contributed by atoms with Gasteiger partial charge in [-0.25, -0.2) is 0 Å². The van der Waals surface area contributed by atoms with Crippen molar-refractivity contribution in [3.05, 3.63) is 35.9 Å². The predicted octanol–water partition coefficient (Wildman–Crippen LogP) is 1.14. The Balaban J connectivity index is 2.23. The van der Waals surface area contributed by atoms with Gasteiger partial charge in [0.15, 0.2) is 0 Å². The largest absolute Gasteiger partial charge is 0.481 e.